The number of hydrogen-bond acceptors (Lipinski definition) is 2. The summed E-state index contributed by atoms with van der Waals surface area (Å²) >= 11 is 0. The smallest absolute Gasteiger partial charge is 0.125 e. The van der Waals surface area contributed by atoms with Gasteiger partial charge in [-0.15, -0.1) is 0 Å². The van der Waals surface area contributed by atoms with Crippen molar-refractivity contribution in [3.05, 3.63) is 101 Å². The SMILES string of the molecule is CC(Cc1ccc(O)cc1)C(C)Cc1ccccc1C(N)=NCCCCc1ccccc1. The van der Waals surface area contributed by atoms with Gasteiger partial charge in [-0.3, -0.25) is 4.99 Å². The van der Waals surface area contributed by atoms with Gasteiger partial charge >= 0.3 is 0 Å². The molecule has 0 bridgehead atoms. The monoisotopic (exact) mass is 428 g/mol. The van der Waals surface area contributed by atoms with E-state index in [0.717, 1.165) is 44.2 Å². The zero-order valence-corrected chi connectivity index (χ0v) is 19.4. The van der Waals surface area contributed by atoms with Crippen LogP contribution in [0.25, 0.3) is 0 Å². The van der Waals surface area contributed by atoms with Gasteiger partial charge in [-0.25, -0.2) is 0 Å². The molecule has 0 aliphatic heterocycles. The Hall–Kier alpha value is -3.07. The summed E-state index contributed by atoms with van der Waals surface area (Å²) in [4.78, 5) is 4.69. The van der Waals surface area contributed by atoms with E-state index >= 15 is 0 Å². The number of aromatic hydroxyl groups is 1. The fraction of sp³-hybridized carbons (Fsp3) is 0.345. The molecule has 0 saturated carbocycles. The molecule has 2 atom stereocenters. The standard InChI is InChI=1S/C29H36N2O/c1-22(20-25-15-17-27(32)18-16-25)23(2)21-26-13-6-7-14-28(26)29(30)31-19-9-8-12-24-10-4-3-5-11-24/h3-7,10-11,13-18,22-23,32H,8-9,12,19-21H2,1-2H3,(H2,30,31). The second-order valence-electron chi connectivity index (χ2n) is 8.90. The molecule has 0 aliphatic rings. The van der Waals surface area contributed by atoms with E-state index in [1.807, 2.05) is 18.2 Å². The quantitative estimate of drug-likeness (QED) is 0.218. The molecule has 3 heteroatoms. The van der Waals surface area contributed by atoms with Crippen LogP contribution in [0.5, 0.6) is 5.75 Å². The normalized spacial score (nSPS) is 13.6. The fourth-order valence-corrected chi connectivity index (χ4v) is 4.07. The maximum atomic E-state index is 9.50. The molecule has 2 unspecified atom stereocenters. The first kappa shape index (κ1) is 23.6. The molecule has 0 spiro atoms. The minimum Gasteiger partial charge on any atom is -0.508 e. The number of benzene rings is 3. The Balaban J connectivity index is 1.54. The summed E-state index contributed by atoms with van der Waals surface area (Å²) < 4.78 is 0. The number of aliphatic imine (C=N–C) groups is 1. The van der Waals surface area contributed by atoms with Crippen molar-refractivity contribution >= 4 is 5.84 Å². The highest BCUT2D eigenvalue weighted by Crippen LogP contribution is 2.24. The third kappa shape index (κ3) is 7.26. The molecule has 3 aromatic carbocycles. The Morgan fingerprint density at radius 2 is 1.44 bits per heavy atom. The minimum absolute atomic E-state index is 0.318. The number of unbranched alkanes of at least 4 members (excludes halogenated alkanes) is 1. The first-order valence-electron chi connectivity index (χ1n) is 11.7. The lowest BCUT2D eigenvalue weighted by Crippen LogP contribution is -2.19. The van der Waals surface area contributed by atoms with Crippen molar-refractivity contribution in [1.29, 1.82) is 0 Å². The highest BCUT2D eigenvalue weighted by atomic mass is 16.3. The van der Waals surface area contributed by atoms with Crippen molar-refractivity contribution in [2.45, 2.75) is 46.0 Å². The number of phenolic OH excluding ortho intramolecular Hbond substituents is 1. The van der Waals surface area contributed by atoms with Crippen LogP contribution in [-0.4, -0.2) is 17.5 Å². The average Bonchev–Trinajstić information content (AvgIpc) is 2.81. The van der Waals surface area contributed by atoms with E-state index in [-0.39, 0.29) is 0 Å². The van der Waals surface area contributed by atoms with Gasteiger partial charge in [0.05, 0.1) is 0 Å². The predicted molar refractivity (Wildman–Crippen MR) is 135 cm³/mol. The average molecular weight is 429 g/mol. The van der Waals surface area contributed by atoms with Crippen LogP contribution in [0, 0.1) is 11.8 Å². The number of aryl methyl sites for hydroxylation is 1. The summed E-state index contributed by atoms with van der Waals surface area (Å²) in [7, 11) is 0. The van der Waals surface area contributed by atoms with Gasteiger partial charge in [-0.2, -0.15) is 0 Å². The number of amidine groups is 1. The van der Waals surface area contributed by atoms with Crippen LogP contribution < -0.4 is 5.73 Å². The zero-order valence-electron chi connectivity index (χ0n) is 19.4. The van der Waals surface area contributed by atoms with Gasteiger partial charge in [0, 0.05) is 12.1 Å². The maximum Gasteiger partial charge on any atom is 0.125 e. The van der Waals surface area contributed by atoms with Crippen molar-refractivity contribution in [2.24, 2.45) is 22.6 Å². The predicted octanol–water partition coefficient (Wildman–Crippen LogP) is 6.18. The molecular formula is C29H36N2O. The van der Waals surface area contributed by atoms with E-state index in [4.69, 9.17) is 5.73 Å². The molecule has 0 amide bonds. The third-order valence-electron chi connectivity index (χ3n) is 6.30. The Morgan fingerprint density at radius 3 is 2.19 bits per heavy atom. The number of nitrogens with two attached hydrogens (primary N) is 1. The molecule has 168 valence electrons. The topological polar surface area (TPSA) is 58.6 Å². The molecule has 0 aromatic heterocycles. The zero-order chi connectivity index (χ0) is 22.8. The molecule has 0 saturated heterocycles. The van der Waals surface area contributed by atoms with Crippen molar-refractivity contribution in [3.63, 3.8) is 0 Å². The molecule has 0 fully saturated rings. The summed E-state index contributed by atoms with van der Waals surface area (Å²) in [5, 5.41) is 9.50. The van der Waals surface area contributed by atoms with E-state index in [1.165, 1.54) is 16.7 Å². The third-order valence-corrected chi connectivity index (χ3v) is 6.30. The van der Waals surface area contributed by atoms with Gasteiger partial charge in [0.25, 0.3) is 0 Å². The number of rotatable bonds is 11. The van der Waals surface area contributed by atoms with Crippen LogP contribution in [0.1, 0.15) is 48.9 Å². The van der Waals surface area contributed by atoms with Crippen LogP contribution in [0.2, 0.25) is 0 Å². The largest absolute Gasteiger partial charge is 0.508 e. The molecule has 3 rings (SSSR count). The lowest BCUT2D eigenvalue weighted by atomic mass is 9.84. The molecule has 3 nitrogen and oxygen atoms in total. The summed E-state index contributed by atoms with van der Waals surface area (Å²) in [6, 6.07) is 26.5. The molecular weight excluding hydrogens is 392 g/mol. The Bertz CT molecular complexity index is 980. The van der Waals surface area contributed by atoms with E-state index in [1.54, 1.807) is 12.1 Å². The van der Waals surface area contributed by atoms with Crippen molar-refractivity contribution in [2.75, 3.05) is 6.54 Å². The van der Waals surface area contributed by atoms with Gasteiger partial charge in [0.1, 0.15) is 11.6 Å². The molecule has 3 aromatic rings. The van der Waals surface area contributed by atoms with Crippen LogP contribution in [0.3, 0.4) is 0 Å². The second-order valence-corrected chi connectivity index (χ2v) is 8.90. The number of phenols is 1. The van der Waals surface area contributed by atoms with Crippen LogP contribution in [-0.2, 0) is 19.3 Å². The van der Waals surface area contributed by atoms with Crippen molar-refractivity contribution in [3.8, 4) is 5.75 Å². The minimum atomic E-state index is 0.318. The molecule has 0 aliphatic carbocycles. The van der Waals surface area contributed by atoms with Gasteiger partial charge in [0.2, 0.25) is 0 Å². The van der Waals surface area contributed by atoms with E-state index in [9.17, 15) is 5.11 Å². The van der Waals surface area contributed by atoms with Crippen LogP contribution in [0.4, 0.5) is 0 Å². The first-order chi connectivity index (χ1) is 15.5. The Kier molecular flexibility index (Phi) is 8.91. The van der Waals surface area contributed by atoms with Gasteiger partial charge in [-0.05, 0) is 72.8 Å². The van der Waals surface area contributed by atoms with E-state index in [2.05, 4.69) is 67.4 Å². The van der Waals surface area contributed by atoms with E-state index < -0.39 is 0 Å². The van der Waals surface area contributed by atoms with Crippen LogP contribution in [0.15, 0.2) is 83.9 Å². The van der Waals surface area contributed by atoms with Crippen LogP contribution >= 0.6 is 0 Å². The summed E-state index contributed by atoms with van der Waals surface area (Å²) in [6.45, 7) is 5.36. The number of hydrogen-bond donors (Lipinski definition) is 2. The van der Waals surface area contributed by atoms with E-state index in [0.29, 0.717) is 23.4 Å². The summed E-state index contributed by atoms with van der Waals surface area (Å²) in [5.74, 6) is 1.99. The number of nitrogens with zero attached hydrogens (tertiary/aromatic N) is 1. The van der Waals surface area contributed by atoms with Gasteiger partial charge < -0.3 is 10.8 Å². The maximum absolute atomic E-state index is 9.50. The van der Waals surface area contributed by atoms with Crippen molar-refractivity contribution in [1.82, 2.24) is 0 Å². The van der Waals surface area contributed by atoms with Gasteiger partial charge in [-0.1, -0.05) is 80.6 Å². The summed E-state index contributed by atoms with van der Waals surface area (Å²) in [5.41, 5.74) is 11.4. The Morgan fingerprint density at radius 1 is 0.781 bits per heavy atom. The van der Waals surface area contributed by atoms with Crippen molar-refractivity contribution < 1.29 is 5.11 Å². The molecule has 0 heterocycles. The fourth-order valence-electron chi connectivity index (χ4n) is 4.07. The Labute approximate surface area is 193 Å². The lowest BCUT2D eigenvalue weighted by Gasteiger charge is -2.21. The first-order valence-corrected chi connectivity index (χ1v) is 11.7. The molecule has 0 radical (unpaired) electrons. The van der Waals surface area contributed by atoms with Gasteiger partial charge in [0.15, 0.2) is 0 Å². The molecule has 32 heavy (non-hydrogen) atoms. The molecule has 3 N–H and O–H groups in total. The summed E-state index contributed by atoms with van der Waals surface area (Å²) in [6.07, 6.45) is 5.21. The highest BCUT2D eigenvalue weighted by Gasteiger charge is 2.16. The second kappa shape index (κ2) is 12.1. The highest BCUT2D eigenvalue weighted by molar-refractivity contribution is 5.98. The lowest BCUT2D eigenvalue weighted by molar-refractivity contribution is 0.383.